The van der Waals surface area contributed by atoms with Crippen LogP contribution in [0.2, 0.25) is 0 Å². The maximum absolute atomic E-state index is 12.0. The van der Waals surface area contributed by atoms with Gasteiger partial charge in [-0.1, -0.05) is 6.07 Å². The van der Waals surface area contributed by atoms with Crippen LogP contribution in [0.25, 0.3) is 0 Å². The molecule has 0 aromatic carbocycles. The molecule has 3 nitrogen and oxygen atoms in total. The van der Waals surface area contributed by atoms with Crippen molar-refractivity contribution in [1.29, 1.82) is 0 Å². The molecule has 1 aromatic rings. The van der Waals surface area contributed by atoms with E-state index in [4.69, 9.17) is 0 Å². The number of carbonyl (C=O) groups excluding carboxylic acids is 1. The molecule has 2 N–H and O–H groups in total. The maximum atomic E-state index is 12.0. The van der Waals surface area contributed by atoms with Gasteiger partial charge in [0.1, 0.15) is 0 Å². The van der Waals surface area contributed by atoms with E-state index < -0.39 is 0 Å². The molecule has 1 unspecified atom stereocenters. The Hall–Kier alpha value is -0.870. The predicted molar refractivity (Wildman–Crippen MR) is 66.4 cm³/mol. The minimum absolute atomic E-state index is 0.126. The lowest BCUT2D eigenvalue weighted by molar-refractivity contribution is -0.128. The lowest BCUT2D eigenvalue weighted by atomic mass is 9.90. The van der Waals surface area contributed by atoms with Gasteiger partial charge in [-0.25, -0.2) is 0 Å². The summed E-state index contributed by atoms with van der Waals surface area (Å²) in [6, 6.07) is 4.05. The second kappa shape index (κ2) is 4.97. The second-order valence-electron chi connectivity index (χ2n) is 4.48. The van der Waals surface area contributed by atoms with Gasteiger partial charge in [-0.05, 0) is 44.2 Å². The molecule has 1 amide bonds. The standard InChI is InChI=1S/C12H18N2OS/c1-12(6-2-3-7-14-12)11(15)13-9-10-5-4-8-16-10/h4-5,8,14H,2-3,6-7,9H2,1H3,(H,13,15). The molecule has 1 atom stereocenters. The van der Waals surface area contributed by atoms with Crippen LogP contribution in [-0.4, -0.2) is 18.0 Å². The molecule has 88 valence electrons. The molecule has 0 aliphatic carbocycles. The minimum Gasteiger partial charge on any atom is -0.350 e. The average Bonchev–Trinajstić information content (AvgIpc) is 2.79. The van der Waals surface area contributed by atoms with E-state index in [1.54, 1.807) is 11.3 Å². The highest BCUT2D eigenvalue weighted by Crippen LogP contribution is 2.19. The lowest BCUT2D eigenvalue weighted by Crippen LogP contribution is -2.56. The molecule has 1 aliphatic rings. The number of rotatable bonds is 3. The van der Waals surface area contributed by atoms with Crippen LogP contribution in [0.5, 0.6) is 0 Å². The van der Waals surface area contributed by atoms with E-state index in [0.717, 1.165) is 19.4 Å². The molecule has 2 rings (SSSR count). The van der Waals surface area contributed by atoms with E-state index in [1.165, 1.54) is 11.3 Å². The SMILES string of the molecule is CC1(C(=O)NCc2cccs2)CCCCN1. The molecule has 16 heavy (non-hydrogen) atoms. The molecule has 1 aromatic heterocycles. The summed E-state index contributed by atoms with van der Waals surface area (Å²) < 4.78 is 0. The maximum Gasteiger partial charge on any atom is 0.240 e. The third kappa shape index (κ3) is 2.62. The van der Waals surface area contributed by atoms with Gasteiger partial charge in [0.05, 0.1) is 12.1 Å². The van der Waals surface area contributed by atoms with Gasteiger partial charge < -0.3 is 10.6 Å². The zero-order valence-corrected chi connectivity index (χ0v) is 10.4. The first-order valence-corrected chi connectivity index (χ1v) is 6.64. The Morgan fingerprint density at radius 1 is 1.62 bits per heavy atom. The van der Waals surface area contributed by atoms with Crippen molar-refractivity contribution in [3.63, 3.8) is 0 Å². The molecule has 2 heterocycles. The van der Waals surface area contributed by atoms with Crippen molar-refractivity contribution in [1.82, 2.24) is 10.6 Å². The van der Waals surface area contributed by atoms with Gasteiger partial charge in [-0.15, -0.1) is 11.3 Å². The number of carbonyl (C=O) groups is 1. The molecular formula is C12H18N2OS. The van der Waals surface area contributed by atoms with E-state index >= 15 is 0 Å². The van der Waals surface area contributed by atoms with Crippen LogP contribution in [0.4, 0.5) is 0 Å². The van der Waals surface area contributed by atoms with E-state index in [1.807, 2.05) is 24.4 Å². The third-order valence-corrected chi connectivity index (χ3v) is 4.00. The Labute approximate surface area is 100 Å². The van der Waals surface area contributed by atoms with Crippen molar-refractivity contribution in [2.24, 2.45) is 0 Å². The minimum atomic E-state index is -0.366. The van der Waals surface area contributed by atoms with Crippen LogP contribution in [0, 0.1) is 0 Å². The van der Waals surface area contributed by atoms with Gasteiger partial charge in [0.25, 0.3) is 0 Å². The molecule has 0 radical (unpaired) electrons. The fourth-order valence-corrected chi connectivity index (χ4v) is 2.67. The molecule has 0 spiro atoms. The number of piperidine rings is 1. The van der Waals surface area contributed by atoms with Crippen LogP contribution in [0.1, 0.15) is 31.1 Å². The highest BCUT2D eigenvalue weighted by atomic mass is 32.1. The number of amides is 1. The third-order valence-electron chi connectivity index (χ3n) is 3.12. The summed E-state index contributed by atoms with van der Waals surface area (Å²) in [4.78, 5) is 13.2. The van der Waals surface area contributed by atoms with Crippen molar-refractivity contribution in [3.8, 4) is 0 Å². The van der Waals surface area contributed by atoms with Gasteiger partial charge >= 0.3 is 0 Å². The topological polar surface area (TPSA) is 41.1 Å². The summed E-state index contributed by atoms with van der Waals surface area (Å²) in [6.07, 6.45) is 3.24. The summed E-state index contributed by atoms with van der Waals surface area (Å²) in [6.45, 7) is 3.59. The van der Waals surface area contributed by atoms with Gasteiger partial charge in [0, 0.05) is 4.88 Å². The van der Waals surface area contributed by atoms with Gasteiger partial charge in [-0.3, -0.25) is 4.79 Å². The average molecular weight is 238 g/mol. The highest BCUT2D eigenvalue weighted by molar-refractivity contribution is 7.09. The molecule has 1 saturated heterocycles. The predicted octanol–water partition coefficient (Wildman–Crippen LogP) is 1.90. The zero-order chi connectivity index (χ0) is 11.4. The Morgan fingerprint density at radius 3 is 3.12 bits per heavy atom. The number of thiophene rings is 1. The summed E-state index contributed by atoms with van der Waals surface area (Å²) in [5.41, 5.74) is -0.366. The van der Waals surface area contributed by atoms with Gasteiger partial charge in [0.2, 0.25) is 5.91 Å². The summed E-state index contributed by atoms with van der Waals surface area (Å²) in [7, 11) is 0. The quantitative estimate of drug-likeness (QED) is 0.844. The van der Waals surface area contributed by atoms with Gasteiger partial charge in [0.15, 0.2) is 0 Å². The van der Waals surface area contributed by atoms with Crippen LogP contribution < -0.4 is 10.6 Å². The fraction of sp³-hybridized carbons (Fsp3) is 0.583. The van der Waals surface area contributed by atoms with Crippen molar-refractivity contribution in [2.45, 2.75) is 38.3 Å². The van der Waals surface area contributed by atoms with Crippen molar-refractivity contribution in [3.05, 3.63) is 22.4 Å². The molecule has 4 heteroatoms. The largest absolute Gasteiger partial charge is 0.350 e. The Bertz CT molecular complexity index is 342. The number of hydrogen-bond donors (Lipinski definition) is 2. The van der Waals surface area contributed by atoms with Crippen LogP contribution in [0.3, 0.4) is 0 Å². The van der Waals surface area contributed by atoms with Crippen LogP contribution in [-0.2, 0) is 11.3 Å². The first kappa shape index (κ1) is 11.6. The molecule has 1 aliphatic heterocycles. The second-order valence-corrected chi connectivity index (χ2v) is 5.51. The molecular weight excluding hydrogens is 220 g/mol. The first-order chi connectivity index (χ1) is 7.71. The van der Waals surface area contributed by atoms with Crippen molar-refractivity contribution < 1.29 is 4.79 Å². The molecule has 0 saturated carbocycles. The number of nitrogens with one attached hydrogen (secondary N) is 2. The van der Waals surface area contributed by atoms with Crippen LogP contribution >= 0.6 is 11.3 Å². The first-order valence-electron chi connectivity index (χ1n) is 5.76. The molecule has 0 bridgehead atoms. The Morgan fingerprint density at radius 2 is 2.50 bits per heavy atom. The van der Waals surface area contributed by atoms with E-state index in [0.29, 0.717) is 6.54 Å². The van der Waals surface area contributed by atoms with Crippen molar-refractivity contribution >= 4 is 17.2 Å². The van der Waals surface area contributed by atoms with E-state index in [2.05, 4.69) is 10.6 Å². The molecule has 1 fully saturated rings. The van der Waals surface area contributed by atoms with Crippen LogP contribution in [0.15, 0.2) is 17.5 Å². The van der Waals surface area contributed by atoms with Gasteiger partial charge in [-0.2, -0.15) is 0 Å². The monoisotopic (exact) mass is 238 g/mol. The summed E-state index contributed by atoms with van der Waals surface area (Å²) in [5, 5.41) is 8.35. The number of hydrogen-bond acceptors (Lipinski definition) is 3. The lowest BCUT2D eigenvalue weighted by Gasteiger charge is -2.33. The Balaban J connectivity index is 1.87. The summed E-state index contributed by atoms with van der Waals surface area (Å²) >= 11 is 1.68. The van der Waals surface area contributed by atoms with Crippen molar-refractivity contribution in [2.75, 3.05) is 6.54 Å². The fourth-order valence-electron chi connectivity index (χ4n) is 2.03. The van der Waals surface area contributed by atoms with E-state index in [-0.39, 0.29) is 11.4 Å². The highest BCUT2D eigenvalue weighted by Gasteiger charge is 2.33. The zero-order valence-electron chi connectivity index (χ0n) is 9.58. The Kier molecular flexibility index (Phi) is 3.61. The summed E-state index contributed by atoms with van der Waals surface area (Å²) in [5.74, 6) is 0.126. The van der Waals surface area contributed by atoms with E-state index in [9.17, 15) is 4.79 Å². The normalized spacial score (nSPS) is 25.3. The smallest absolute Gasteiger partial charge is 0.240 e.